The fraction of sp³-hybridized carbons (Fsp3) is 0.100. The number of carbonyl (C=O) groups excluding carboxylic acids is 1. The first-order chi connectivity index (χ1) is 5.88. The summed E-state index contributed by atoms with van der Waals surface area (Å²) < 4.78 is 4.63. The molecule has 0 fully saturated rings. The molecule has 1 rings (SSSR count). The SMILES string of the molecule is C=Cc1ccccc1COC=O. The van der Waals surface area contributed by atoms with Gasteiger partial charge >= 0.3 is 0 Å². The third-order valence-corrected chi connectivity index (χ3v) is 1.58. The van der Waals surface area contributed by atoms with E-state index in [9.17, 15) is 4.79 Å². The lowest BCUT2D eigenvalue weighted by Crippen LogP contribution is -1.92. The van der Waals surface area contributed by atoms with Gasteiger partial charge in [0, 0.05) is 0 Å². The molecule has 0 unspecified atom stereocenters. The van der Waals surface area contributed by atoms with Crippen LogP contribution in [0.5, 0.6) is 0 Å². The Morgan fingerprint density at radius 2 is 2.17 bits per heavy atom. The molecule has 0 N–H and O–H groups in total. The Balaban J connectivity index is 2.81. The summed E-state index contributed by atoms with van der Waals surface area (Å²) in [5, 5.41) is 0. The minimum absolute atomic E-state index is 0.311. The van der Waals surface area contributed by atoms with Gasteiger partial charge in [0.2, 0.25) is 0 Å². The van der Waals surface area contributed by atoms with E-state index in [0.717, 1.165) is 11.1 Å². The second-order valence-electron chi connectivity index (χ2n) is 2.31. The molecule has 0 saturated heterocycles. The molecular weight excluding hydrogens is 152 g/mol. The Labute approximate surface area is 71.5 Å². The number of ether oxygens (including phenoxy) is 1. The average molecular weight is 162 g/mol. The summed E-state index contributed by atoms with van der Waals surface area (Å²) in [6, 6.07) is 7.65. The lowest BCUT2D eigenvalue weighted by molar-refractivity contribution is -0.129. The van der Waals surface area contributed by atoms with E-state index in [4.69, 9.17) is 0 Å². The van der Waals surface area contributed by atoms with Gasteiger partial charge in [0.15, 0.2) is 0 Å². The van der Waals surface area contributed by atoms with E-state index in [1.807, 2.05) is 24.3 Å². The van der Waals surface area contributed by atoms with E-state index in [1.54, 1.807) is 6.08 Å². The largest absolute Gasteiger partial charge is 0.463 e. The van der Waals surface area contributed by atoms with Crippen LogP contribution in [0.25, 0.3) is 6.08 Å². The summed E-state index contributed by atoms with van der Waals surface area (Å²) in [5.41, 5.74) is 1.97. The van der Waals surface area contributed by atoms with Crippen molar-refractivity contribution in [3.05, 3.63) is 42.0 Å². The zero-order chi connectivity index (χ0) is 8.81. The molecule has 0 heterocycles. The standard InChI is InChI=1S/C10H10O2/c1-2-9-5-3-4-6-10(9)7-12-8-11/h2-6,8H,1,7H2. The Hall–Kier alpha value is -1.57. The van der Waals surface area contributed by atoms with Crippen LogP contribution in [0.15, 0.2) is 30.8 Å². The maximum atomic E-state index is 9.93. The molecule has 1 aromatic rings. The normalized spacial score (nSPS) is 9.00. The predicted molar refractivity (Wildman–Crippen MR) is 47.4 cm³/mol. The van der Waals surface area contributed by atoms with Crippen molar-refractivity contribution in [1.29, 1.82) is 0 Å². The zero-order valence-electron chi connectivity index (χ0n) is 6.69. The Bertz CT molecular complexity index is 279. The molecule has 0 spiro atoms. The highest BCUT2D eigenvalue weighted by Crippen LogP contribution is 2.10. The molecule has 2 heteroatoms. The van der Waals surface area contributed by atoms with Gasteiger partial charge in [-0.3, -0.25) is 4.79 Å². The second-order valence-corrected chi connectivity index (χ2v) is 2.31. The summed E-state index contributed by atoms with van der Waals surface area (Å²) >= 11 is 0. The molecular formula is C10H10O2. The molecule has 0 atom stereocenters. The second kappa shape index (κ2) is 4.34. The van der Waals surface area contributed by atoms with Crippen molar-refractivity contribution < 1.29 is 9.53 Å². The first kappa shape index (κ1) is 8.53. The van der Waals surface area contributed by atoms with E-state index >= 15 is 0 Å². The molecule has 0 amide bonds. The van der Waals surface area contributed by atoms with Crippen LogP contribution < -0.4 is 0 Å². The van der Waals surface area contributed by atoms with Crippen molar-refractivity contribution in [3.63, 3.8) is 0 Å². The molecule has 62 valence electrons. The highest BCUT2D eigenvalue weighted by atomic mass is 16.5. The number of hydrogen-bond acceptors (Lipinski definition) is 2. The molecule has 0 aromatic heterocycles. The third-order valence-electron chi connectivity index (χ3n) is 1.58. The zero-order valence-corrected chi connectivity index (χ0v) is 6.69. The van der Waals surface area contributed by atoms with Gasteiger partial charge in [-0.05, 0) is 11.1 Å². The molecule has 0 radical (unpaired) electrons. The fourth-order valence-electron chi connectivity index (χ4n) is 0.989. The quantitative estimate of drug-likeness (QED) is 0.633. The van der Waals surface area contributed by atoms with Gasteiger partial charge < -0.3 is 4.74 Å². The summed E-state index contributed by atoms with van der Waals surface area (Å²) in [4.78, 5) is 9.93. The van der Waals surface area contributed by atoms with Crippen LogP contribution in [0.3, 0.4) is 0 Å². The molecule has 2 nitrogen and oxygen atoms in total. The first-order valence-electron chi connectivity index (χ1n) is 3.64. The van der Waals surface area contributed by atoms with E-state index in [-0.39, 0.29) is 0 Å². The molecule has 0 aliphatic rings. The molecule has 0 saturated carbocycles. The highest BCUT2D eigenvalue weighted by molar-refractivity contribution is 5.51. The first-order valence-corrected chi connectivity index (χ1v) is 3.64. The molecule has 0 bridgehead atoms. The van der Waals surface area contributed by atoms with E-state index in [0.29, 0.717) is 13.1 Å². The van der Waals surface area contributed by atoms with Crippen LogP contribution in [-0.2, 0) is 16.1 Å². The average Bonchev–Trinajstić information content (AvgIpc) is 2.15. The summed E-state index contributed by atoms with van der Waals surface area (Å²) in [6.07, 6.45) is 1.74. The summed E-state index contributed by atoms with van der Waals surface area (Å²) in [5.74, 6) is 0. The van der Waals surface area contributed by atoms with Crippen LogP contribution in [0.2, 0.25) is 0 Å². The minimum atomic E-state index is 0.311. The van der Waals surface area contributed by atoms with Gasteiger partial charge in [-0.15, -0.1) is 0 Å². The van der Waals surface area contributed by atoms with Crippen molar-refractivity contribution in [3.8, 4) is 0 Å². The third kappa shape index (κ3) is 1.95. The van der Waals surface area contributed by atoms with Gasteiger partial charge in [-0.25, -0.2) is 0 Å². The lowest BCUT2D eigenvalue weighted by Gasteiger charge is -2.02. The van der Waals surface area contributed by atoms with Gasteiger partial charge in [0.25, 0.3) is 6.47 Å². The van der Waals surface area contributed by atoms with Crippen LogP contribution in [0, 0.1) is 0 Å². The van der Waals surface area contributed by atoms with Gasteiger partial charge in [0.1, 0.15) is 6.61 Å². The predicted octanol–water partition coefficient (Wildman–Crippen LogP) is 2.00. The van der Waals surface area contributed by atoms with E-state index < -0.39 is 0 Å². The van der Waals surface area contributed by atoms with Crippen molar-refractivity contribution in [2.24, 2.45) is 0 Å². The summed E-state index contributed by atoms with van der Waals surface area (Å²) in [6.45, 7) is 4.41. The van der Waals surface area contributed by atoms with E-state index in [1.165, 1.54) is 0 Å². The van der Waals surface area contributed by atoms with Crippen molar-refractivity contribution >= 4 is 12.5 Å². The number of carbonyl (C=O) groups is 1. The number of hydrogen-bond donors (Lipinski definition) is 0. The van der Waals surface area contributed by atoms with E-state index in [2.05, 4.69) is 11.3 Å². The topological polar surface area (TPSA) is 26.3 Å². The van der Waals surface area contributed by atoms with Crippen molar-refractivity contribution in [2.75, 3.05) is 0 Å². The van der Waals surface area contributed by atoms with Crippen molar-refractivity contribution in [2.45, 2.75) is 6.61 Å². The lowest BCUT2D eigenvalue weighted by atomic mass is 10.1. The van der Waals surface area contributed by atoms with Crippen LogP contribution in [0.4, 0.5) is 0 Å². The van der Waals surface area contributed by atoms with Gasteiger partial charge in [-0.2, -0.15) is 0 Å². The minimum Gasteiger partial charge on any atom is -0.463 e. The smallest absolute Gasteiger partial charge is 0.293 e. The Morgan fingerprint density at radius 1 is 1.42 bits per heavy atom. The summed E-state index contributed by atoms with van der Waals surface area (Å²) in [7, 11) is 0. The Morgan fingerprint density at radius 3 is 2.83 bits per heavy atom. The highest BCUT2D eigenvalue weighted by Gasteiger charge is 1.96. The van der Waals surface area contributed by atoms with Crippen LogP contribution in [-0.4, -0.2) is 6.47 Å². The number of benzene rings is 1. The Kier molecular flexibility index (Phi) is 3.08. The molecule has 12 heavy (non-hydrogen) atoms. The molecule has 1 aromatic carbocycles. The van der Waals surface area contributed by atoms with Crippen LogP contribution in [0.1, 0.15) is 11.1 Å². The number of rotatable bonds is 4. The van der Waals surface area contributed by atoms with Gasteiger partial charge in [-0.1, -0.05) is 36.9 Å². The maximum absolute atomic E-state index is 9.93. The fourth-order valence-corrected chi connectivity index (χ4v) is 0.989. The van der Waals surface area contributed by atoms with Crippen LogP contribution >= 0.6 is 0 Å². The molecule has 0 aliphatic carbocycles. The van der Waals surface area contributed by atoms with Gasteiger partial charge in [0.05, 0.1) is 0 Å². The maximum Gasteiger partial charge on any atom is 0.293 e. The van der Waals surface area contributed by atoms with Crippen molar-refractivity contribution in [1.82, 2.24) is 0 Å². The monoisotopic (exact) mass is 162 g/mol. The molecule has 0 aliphatic heterocycles.